The summed E-state index contributed by atoms with van der Waals surface area (Å²) in [4.78, 5) is 14.6. The van der Waals surface area contributed by atoms with Gasteiger partial charge in [-0.2, -0.15) is 4.31 Å². The minimum absolute atomic E-state index is 0.137. The second-order valence-corrected chi connectivity index (χ2v) is 9.28. The first-order chi connectivity index (χ1) is 14.4. The Hall–Kier alpha value is -2.84. The molecule has 30 heavy (non-hydrogen) atoms. The van der Waals surface area contributed by atoms with Crippen LogP contribution in [0.3, 0.4) is 0 Å². The molecule has 0 bridgehead atoms. The van der Waals surface area contributed by atoms with Crippen LogP contribution in [0.2, 0.25) is 0 Å². The van der Waals surface area contributed by atoms with Gasteiger partial charge in [-0.25, -0.2) is 8.42 Å². The van der Waals surface area contributed by atoms with Gasteiger partial charge in [0.25, 0.3) is 0 Å². The van der Waals surface area contributed by atoms with Gasteiger partial charge in [0.1, 0.15) is 0 Å². The fourth-order valence-electron chi connectivity index (χ4n) is 3.50. The van der Waals surface area contributed by atoms with Crippen LogP contribution in [-0.2, 0) is 14.8 Å². The highest BCUT2D eigenvalue weighted by atomic mass is 32.2. The Morgan fingerprint density at radius 1 is 0.967 bits per heavy atom. The third-order valence-electron chi connectivity index (χ3n) is 5.24. The Bertz CT molecular complexity index is 1060. The van der Waals surface area contributed by atoms with Crippen molar-refractivity contribution in [1.29, 1.82) is 0 Å². The van der Waals surface area contributed by atoms with Gasteiger partial charge in [-0.15, -0.1) is 0 Å². The Labute approximate surface area is 176 Å². The second-order valence-electron chi connectivity index (χ2n) is 7.34. The first kappa shape index (κ1) is 20.4. The van der Waals surface area contributed by atoms with E-state index < -0.39 is 10.0 Å². The number of carbonyl (C=O) groups is 1. The highest BCUT2D eigenvalue weighted by Crippen LogP contribution is 2.32. The minimum atomic E-state index is -3.56. The first-order valence-corrected chi connectivity index (χ1v) is 11.3. The SMILES string of the molecule is Cc1ccc(S(=O)(=O)N2CCCN(C(=O)C=Cc3ccc4c(c3)OCO4)CC2)cc1. The van der Waals surface area contributed by atoms with E-state index in [2.05, 4.69) is 0 Å². The highest BCUT2D eigenvalue weighted by molar-refractivity contribution is 7.89. The summed E-state index contributed by atoms with van der Waals surface area (Å²) in [5.74, 6) is 1.22. The molecule has 0 unspecified atom stereocenters. The number of aryl methyl sites for hydroxylation is 1. The van der Waals surface area contributed by atoms with Crippen molar-refractivity contribution in [2.45, 2.75) is 18.2 Å². The van der Waals surface area contributed by atoms with Crippen LogP contribution in [0.15, 0.2) is 53.4 Å². The van der Waals surface area contributed by atoms with E-state index in [1.54, 1.807) is 35.2 Å². The molecule has 8 heteroatoms. The van der Waals surface area contributed by atoms with E-state index in [1.807, 2.05) is 25.1 Å². The molecule has 1 amide bonds. The molecule has 2 aliphatic heterocycles. The number of benzene rings is 2. The van der Waals surface area contributed by atoms with Gasteiger partial charge in [-0.3, -0.25) is 4.79 Å². The summed E-state index contributed by atoms with van der Waals surface area (Å²) in [6, 6.07) is 12.3. The van der Waals surface area contributed by atoms with Gasteiger partial charge in [0.2, 0.25) is 22.7 Å². The number of hydrogen-bond donors (Lipinski definition) is 0. The lowest BCUT2D eigenvalue weighted by molar-refractivity contribution is -0.125. The maximum Gasteiger partial charge on any atom is 0.246 e. The molecule has 2 aliphatic rings. The van der Waals surface area contributed by atoms with Crippen LogP contribution in [0, 0.1) is 6.92 Å². The molecule has 7 nitrogen and oxygen atoms in total. The second kappa shape index (κ2) is 8.49. The molecule has 4 rings (SSSR count). The van der Waals surface area contributed by atoms with E-state index >= 15 is 0 Å². The van der Waals surface area contributed by atoms with Crippen LogP contribution < -0.4 is 9.47 Å². The Morgan fingerprint density at radius 2 is 1.73 bits per heavy atom. The minimum Gasteiger partial charge on any atom is -0.454 e. The molecule has 158 valence electrons. The highest BCUT2D eigenvalue weighted by Gasteiger charge is 2.27. The standard InChI is InChI=1S/C22H24N2O5S/c1-17-3-7-19(8-4-17)30(26,27)24-12-2-11-23(13-14-24)22(25)10-6-18-5-9-20-21(15-18)29-16-28-20/h3-10,15H,2,11-14,16H2,1H3. The Morgan fingerprint density at radius 3 is 2.53 bits per heavy atom. The molecule has 0 N–H and O–H groups in total. The molecule has 2 heterocycles. The van der Waals surface area contributed by atoms with Gasteiger partial charge >= 0.3 is 0 Å². The summed E-state index contributed by atoms with van der Waals surface area (Å²) in [5.41, 5.74) is 1.85. The van der Waals surface area contributed by atoms with Crippen LogP contribution in [0.25, 0.3) is 6.08 Å². The Kier molecular flexibility index (Phi) is 5.78. The number of carbonyl (C=O) groups excluding carboxylic acids is 1. The third-order valence-corrected chi connectivity index (χ3v) is 7.15. The summed E-state index contributed by atoms with van der Waals surface area (Å²) in [6.45, 7) is 3.67. The number of ether oxygens (including phenoxy) is 2. The number of rotatable bonds is 4. The van der Waals surface area contributed by atoms with Crippen molar-refractivity contribution in [3.63, 3.8) is 0 Å². The van der Waals surface area contributed by atoms with Crippen molar-refractivity contribution in [2.24, 2.45) is 0 Å². The predicted molar refractivity (Wildman–Crippen MR) is 113 cm³/mol. The van der Waals surface area contributed by atoms with Crippen molar-refractivity contribution in [3.8, 4) is 11.5 Å². The van der Waals surface area contributed by atoms with E-state index in [1.165, 1.54) is 10.4 Å². The van der Waals surface area contributed by atoms with Crippen LogP contribution >= 0.6 is 0 Å². The number of sulfonamides is 1. The summed E-state index contributed by atoms with van der Waals surface area (Å²) >= 11 is 0. The molecule has 1 fully saturated rings. The molecule has 2 aromatic carbocycles. The molecule has 1 saturated heterocycles. The summed E-state index contributed by atoms with van der Waals surface area (Å²) in [5, 5.41) is 0. The average molecular weight is 429 g/mol. The number of amides is 1. The van der Waals surface area contributed by atoms with Crippen molar-refractivity contribution < 1.29 is 22.7 Å². The van der Waals surface area contributed by atoms with Crippen molar-refractivity contribution in [3.05, 3.63) is 59.7 Å². The van der Waals surface area contributed by atoms with Gasteiger partial charge in [0, 0.05) is 32.3 Å². The van der Waals surface area contributed by atoms with Crippen molar-refractivity contribution in [1.82, 2.24) is 9.21 Å². The fraction of sp³-hybridized carbons (Fsp3) is 0.318. The zero-order valence-electron chi connectivity index (χ0n) is 16.8. The maximum absolute atomic E-state index is 12.9. The monoisotopic (exact) mass is 428 g/mol. The summed E-state index contributed by atoms with van der Waals surface area (Å²) < 4.78 is 37.9. The van der Waals surface area contributed by atoms with Crippen molar-refractivity contribution >= 4 is 22.0 Å². The quantitative estimate of drug-likeness (QED) is 0.700. The molecule has 2 aromatic rings. The van der Waals surface area contributed by atoms with Gasteiger partial charge < -0.3 is 14.4 Å². The van der Waals surface area contributed by atoms with Gasteiger partial charge in [-0.1, -0.05) is 23.8 Å². The molecule has 0 saturated carbocycles. The van der Waals surface area contributed by atoms with E-state index in [0.29, 0.717) is 37.6 Å². The van der Waals surface area contributed by atoms with E-state index in [-0.39, 0.29) is 24.1 Å². The largest absolute Gasteiger partial charge is 0.454 e. The third kappa shape index (κ3) is 4.34. The summed E-state index contributed by atoms with van der Waals surface area (Å²) in [6.07, 6.45) is 3.84. The lowest BCUT2D eigenvalue weighted by Gasteiger charge is -2.21. The van der Waals surface area contributed by atoms with E-state index in [0.717, 1.165) is 11.1 Å². The van der Waals surface area contributed by atoms with Crippen LogP contribution in [0.1, 0.15) is 17.5 Å². The Balaban J connectivity index is 1.40. The topological polar surface area (TPSA) is 76.2 Å². The van der Waals surface area contributed by atoms with Crippen molar-refractivity contribution in [2.75, 3.05) is 33.0 Å². The smallest absolute Gasteiger partial charge is 0.246 e. The van der Waals surface area contributed by atoms with Crippen LogP contribution in [0.5, 0.6) is 11.5 Å². The average Bonchev–Trinajstić information content (AvgIpc) is 3.05. The predicted octanol–water partition coefficient (Wildman–Crippen LogP) is 2.66. The van der Waals surface area contributed by atoms with Crippen LogP contribution in [-0.4, -0.2) is 56.5 Å². The molecule has 0 radical (unpaired) electrons. The lowest BCUT2D eigenvalue weighted by Crippen LogP contribution is -2.36. The lowest BCUT2D eigenvalue weighted by atomic mass is 10.2. The molecule has 0 aromatic heterocycles. The molecular weight excluding hydrogens is 404 g/mol. The molecule has 0 aliphatic carbocycles. The summed E-state index contributed by atoms with van der Waals surface area (Å²) in [7, 11) is -3.56. The number of hydrogen-bond acceptors (Lipinski definition) is 5. The van der Waals surface area contributed by atoms with Gasteiger partial charge in [-0.05, 0) is 49.2 Å². The molecule has 0 spiro atoms. The normalized spacial score (nSPS) is 17.3. The van der Waals surface area contributed by atoms with Gasteiger partial charge in [0.15, 0.2) is 11.5 Å². The zero-order valence-corrected chi connectivity index (χ0v) is 17.6. The van der Waals surface area contributed by atoms with E-state index in [9.17, 15) is 13.2 Å². The van der Waals surface area contributed by atoms with Gasteiger partial charge in [0.05, 0.1) is 4.90 Å². The number of nitrogens with zero attached hydrogens (tertiary/aromatic N) is 2. The van der Waals surface area contributed by atoms with Crippen LogP contribution in [0.4, 0.5) is 0 Å². The molecule has 0 atom stereocenters. The fourth-order valence-corrected chi connectivity index (χ4v) is 4.97. The van der Waals surface area contributed by atoms with E-state index in [4.69, 9.17) is 9.47 Å². The zero-order chi connectivity index (χ0) is 21.1. The first-order valence-electron chi connectivity index (χ1n) is 9.87. The number of fused-ring (bicyclic) bond motifs is 1. The molecular formula is C22H24N2O5S. The maximum atomic E-state index is 12.9.